The molecule has 2 aromatic carbocycles. The maximum Gasteiger partial charge on any atom is 0.513 e. The van der Waals surface area contributed by atoms with Gasteiger partial charge in [-0.25, -0.2) is 9.59 Å². The van der Waals surface area contributed by atoms with E-state index in [4.69, 9.17) is 14.2 Å². The predicted molar refractivity (Wildman–Crippen MR) is 115 cm³/mol. The number of carbonyl (C=O) groups is 2. The molecule has 0 saturated heterocycles. The van der Waals surface area contributed by atoms with Crippen LogP contribution in [0.4, 0.5) is 4.79 Å². The summed E-state index contributed by atoms with van der Waals surface area (Å²) in [6.45, 7) is 5.89. The summed E-state index contributed by atoms with van der Waals surface area (Å²) in [5.74, 6) is -0.0973. The Bertz CT molecular complexity index is 1030. The molecular weight excluding hydrogens is 398 g/mol. The number of rotatable bonds is 10. The van der Waals surface area contributed by atoms with E-state index in [-0.39, 0.29) is 6.61 Å². The fraction of sp³-hybridized carbons (Fsp3) is 0.304. The Morgan fingerprint density at radius 1 is 0.968 bits per heavy atom. The average Bonchev–Trinajstić information content (AvgIpc) is 3.20. The van der Waals surface area contributed by atoms with Crippen molar-refractivity contribution in [1.29, 1.82) is 0 Å². The summed E-state index contributed by atoms with van der Waals surface area (Å²) < 4.78 is 15.5. The first-order valence-electron chi connectivity index (χ1n) is 10.1. The molecule has 0 saturated carbocycles. The van der Waals surface area contributed by atoms with E-state index in [1.165, 1.54) is 4.80 Å². The molecule has 0 bridgehead atoms. The van der Waals surface area contributed by atoms with Crippen molar-refractivity contribution in [2.45, 2.75) is 32.6 Å². The second-order valence-electron chi connectivity index (χ2n) is 6.94. The van der Waals surface area contributed by atoms with Crippen LogP contribution in [0.2, 0.25) is 0 Å². The molecule has 3 rings (SSSR count). The molecule has 8 heteroatoms. The topological polar surface area (TPSA) is 92.5 Å². The lowest BCUT2D eigenvalue weighted by Gasteiger charge is -2.10. The van der Waals surface area contributed by atoms with E-state index in [0.717, 1.165) is 41.9 Å². The van der Waals surface area contributed by atoms with Crippen molar-refractivity contribution in [3.05, 3.63) is 60.7 Å². The Balaban J connectivity index is 1.49. The molecule has 0 radical (unpaired) electrons. The summed E-state index contributed by atoms with van der Waals surface area (Å²) in [6.07, 6.45) is 3.52. The van der Waals surface area contributed by atoms with Crippen LogP contribution in [0, 0.1) is 6.92 Å². The molecule has 0 spiro atoms. The monoisotopic (exact) mass is 423 g/mol. The molecule has 162 valence electrons. The quantitative estimate of drug-likeness (QED) is 0.205. The molecule has 3 aromatic rings. The zero-order valence-electron chi connectivity index (χ0n) is 17.5. The van der Waals surface area contributed by atoms with Gasteiger partial charge in [-0.1, -0.05) is 24.8 Å². The van der Waals surface area contributed by atoms with Crippen LogP contribution in [-0.2, 0) is 14.3 Å². The summed E-state index contributed by atoms with van der Waals surface area (Å²) >= 11 is 0. The van der Waals surface area contributed by atoms with Crippen molar-refractivity contribution >= 4 is 23.2 Å². The average molecular weight is 423 g/mol. The van der Waals surface area contributed by atoms with E-state index in [0.29, 0.717) is 24.5 Å². The number of esters is 1. The van der Waals surface area contributed by atoms with Gasteiger partial charge in [0.1, 0.15) is 16.7 Å². The molecule has 0 aliphatic rings. The lowest BCUT2D eigenvalue weighted by Crippen LogP contribution is -2.13. The van der Waals surface area contributed by atoms with Crippen LogP contribution in [0.5, 0.6) is 5.75 Å². The molecular formula is C23H25N3O5. The zero-order valence-corrected chi connectivity index (χ0v) is 17.5. The van der Waals surface area contributed by atoms with Crippen LogP contribution in [0.15, 0.2) is 55.1 Å². The van der Waals surface area contributed by atoms with Gasteiger partial charge in [0.15, 0.2) is 5.75 Å². The minimum Gasteiger partial charge on any atom is -0.463 e. The number of ether oxygens (including phenoxy) is 3. The summed E-state index contributed by atoms with van der Waals surface area (Å²) in [4.78, 5) is 24.5. The van der Waals surface area contributed by atoms with Crippen LogP contribution in [0.3, 0.4) is 0 Å². The van der Waals surface area contributed by atoms with E-state index in [1.807, 2.05) is 43.3 Å². The second kappa shape index (κ2) is 10.9. The summed E-state index contributed by atoms with van der Waals surface area (Å²) in [7, 11) is 0. The van der Waals surface area contributed by atoms with Crippen LogP contribution >= 0.6 is 0 Å². The highest BCUT2D eigenvalue weighted by molar-refractivity contribution is 5.81. The van der Waals surface area contributed by atoms with Gasteiger partial charge in [0.2, 0.25) is 0 Å². The summed E-state index contributed by atoms with van der Waals surface area (Å²) in [5, 5.41) is 8.91. The molecule has 31 heavy (non-hydrogen) atoms. The molecule has 0 aliphatic heterocycles. The van der Waals surface area contributed by atoms with E-state index >= 15 is 0 Å². The number of hydrogen-bond donors (Lipinski definition) is 0. The minimum atomic E-state index is -0.776. The number of unbranched alkanes of at least 4 members (excludes halogenated alkanes) is 3. The van der Waals surface area contributed by atoms with Crippen LogP contribution in [0.25, 0.3) is 16.7 Å². The van der Waals surface area contributed by atoms with Gasteiger partial charge in [0.25, 0.3) is 0 Å². The Morgan fingerprint density at radius 3 is 2.26 bits per heavy atom. The second-order valence-corrected chi connectivity index (χ2v) is 6.94. The Morgan fingerprint density at radius 2 is 1.61 bits per heavy atom. The van der Waals surface area contributed by atoms with Crippen LogP contribution < -0.4 is 4.74 Å². The highest BCUT2D eigenvalue weighted by Crippen LogP contribution is 2.25. The number of benzene rings is 2. The maximum absolute atomic E-state index is 12.1. The van der Waals surface area contributed by atoms with Crippen molar-refractivity contribution in [3.8, 4) is 11.4 Å². The molecule has 1 aromatic heterocycles. The Hall–Kier alpha value is -3.68. The first-order chi connectivity index (χ1) is 15.1. The smallest absolute Gasteiger partial charge is 0.463 e. The fourth-order valence-electron chi connectivity index (χ4n) is 2.90. The SMILES string of the molecule is C=CC(=O)OCCCCCCOC(=O)Oc1ccc(C)cc1-n1nc2ccccc2n1. The number of aromatic nitrogens is 3. The first kappa shape index (κ1) is 22.0. The van der Waals surface area contributed by atoms with E-state index in [2.05, 4.69) is 16.8 Å². The van der Waals surface area contributed by atoms with Crippen molar-refractivity contribution < 1.29 is 23.8 Å². The molecule has 0 atom stereocenters. The van der Waals surface area contributed by atoms with Crippen LogP contribution in [0.1, 0.15) is 31.2 Å². The first-order valence-corrected chi connectivity index (χ1v) is 10.1. The Labute approximate surface area is 180 Å². The van der Waals surface area contributed by atoms with Crippen molar-refractivity contribution in [2.75, 3.05) is 13.2 Å². The van der Waals surface area contributed by atoms with Gasteiger partial charge in [-0.05, 0) is 62.4 Å². The van der Waals surface area contributed by atoms with Gasteiger partial charge < -0.3 is 14.2 Å². The molecule has 0 aliphatic carbocycles. The van der Waals surface area contributed by atoms with Crippen molar-refractivity contribution in [2.24, 2.45) is 0 Å². The third-order valence-electron chi connectivity index (χ3n) is 4.48. The normalized spacial score (nSPS) is 10.6. The highest BCUT2D eigenvalue weighted by Gasteiger charge is 2.15. The number of nitrogens with zero attached hydrogens (tertiary/aromatic N) is 3. The van der Waals surface area contributed by atoms with Gasteiger partial charge >= 0.3 is 12.1 Å². The third kappa shape index (κ3) is 6.40. The molecule has 0 amide bonds. The number of carbonyl (C=O) groups excluding carboxylic acids is 2. The lowest BCUT2D eigenvalue weighted by atomic mass is 10.2. The van der Waals surface area contributed by atoms with Gasteiger partial charge in [-0.3, -0.25) is 0 Å². The van der Waals surface area contributed by atoms with Crippen LogP contribution in [-0.4, -0.2) is 40.3 Å². The van der Waals surface area contributed by atoms with Gasteiger partial charge in [0, 0.05) is 6.08 Å². The molecule has 0 N–H and O–H groups in total. The van der Waals surface area contributed by atoms with Crippen molar-refractivity contribution in [3.63, 3.8) is 0 Å². The largest absolute Gasteiger partial charge is 0.513 e. The lowest BCUT2D eigenvalue weighted by molar-refractivity contribution is -0.137. The number of hydrogen-bond acceptors (Lipinski definition) is 7. The number of aryl methyl sites for hydroxylation is 1. The standard InChI is InChI=1S/C23H25N3O5/c1-3-22(27)29-14-8-4-5-9-15-30-23(28)31-21-13-12-17(2)16-20(21)26-24-18-10-6-7-11-19(18)25-26/h3,6-7,10-13,16H,1,4-5,8-9,14-15H2,2H3. The van der Waals surface area contributed by atoms with Crippen molar-refractivity contribution in [1.82, 2.24) is 15.0 Å². The molecule has 1 heterocycles. The minimum absolute atomic E-state index is 0.246. The maximum atomic E-state index is 12.1. The highest BCUT2D eigenvalue weighted by atomic mass is 16.7. The molecule has 8 nitrogen and oxygen atoms in total. The van der Waals surface area contributed by atoms with E-state index < -0.39 is 12.1 Å². The third-order valence-corrected chi connectivity index (χ3v) is 4.48. The number of fused-ring (bicyclic) bond motifs is 1. The summed E-state index contributed by atoms with van der Waals surface area (Å²) in [5.41, 5.74) is 3.03. The van der Waals surface area contributed by atoms with E-state index in [9.17, 15) is 9.59 Å². The summed E-state index contributed by atoms with van der Waals surface area (Å²) in [6, 6.07) is 12.9. The van der Waals surface area contributed by atoms with E-state index in [1.54, 1.807) is 6.07 Å². The van der Waals surface area contributed by atoms with Gasteiger partial charge in [-0.15, -0.1) is 15.0 Å². The fourth-order valence-corrected chi connectivity index (χ4v) is 2.90. The van der Waals surface area contributed by atoms with Gasteiger partial charge in [-0.2, -0.15) is 0 Å². The predicted octanol–water partition coefficient (Wildman–Crippen LogP) is 4.53. The molecule has 0 unspecified atom stereocenters. The zero-order chi connectivity index (χ0) is 22.1. The molecule has 0 fully saturated rings. The Kier molecular flexibility index (Phi) is 7.75. The van der Waals surface area contributed by atoms with Gasteiger partial charge in [0.05, 0.1) is 13.2 Å².